The van der Waals surface area contributed by atoms with Crippen molar-refractivity contribution in [3.8, 4) is 11.3 Å². The minimum atomic E-state index is -0.788. The van der Waals surface area contributed by atoms with E-state index in [9.17, 15) is 29.3 Å². The van der Waals surface area contributed by atoms with Crippen molar-refractivity contribution in [3.63, 3.8) is 0 Å². The third kappa shape index (κ3) is 5.06. The van der Waals surface area contributed by atoms with Gasteiger partial charge in [0.2, 0.25) is 11.8 Å². The molecule has 0 spiro atoms. The lowest BCUT2D eigenvalue weighted by Crippen LogP contribution is -2.33. The Kier molecular flexibility index (Phi) is 6.64. The van der Waals surface area contributed by atoms with Gasteiger partial charge in [-0.2, -0.15) is 0 Å². The molecule has 4 amide bonds. The molecule has 2 N–H and O–H groups in total. The monoisotopic (exact) mass is 493 g/mol. The summed E-state index contributed by atoms with van der Waals surface area (Å²) < 4.78 is 0. The Morgan fingerprint density at radius 3 is 2.54 bits per heavy atom. The van der Waals surface area contributed by atoms with Gasteiger partial charge in [-0.15, -0.1) is 11.3 Å². The third-order valence-electron chi connectivity index (χ3n) is 5.28. The predicted molar refractivity (Wildman–Crippen MR) is 127 cm³/mol. The molecule has 0 saturated carbocycles. The second kappa shape index (κ2) is 9.81. The van der Waals surface area contributed by atoms with E-state index in [0.29, 0.717) is 17.4 Å². The zero-order chi connectivity index (χ0) is 25.1. The first kappa shape index (κ1) is 23.7. The summed E-state index contributed by atoms with van der Waals surface area (Å²) in [5.74, 6) is -2.02. The smallest absolute Gasteiger partial charge is 0.282 e. The number of aromatic nitrogens is 1. The topological polar surface area (TPSA) is 152 Å². The molecule has 11 nitrogen and oxygen atoms in total. The van der Waals surface area contributed by atoms with E-state index in [2.05, 4.69) is 15.6 Å². The number of nitro groups is 1. The molecule has 1 aliphatic heterocycles. The minimum Gasteiger partial charge on any atom is -0.352 e. The van der Waals surface area contributed by atoms with Crippen molar-refractivity contribution in [1.29, 1.82) is 0 Å². The van der Waals surface area contributed by atoms with Gasteiger partial charge in [-0.1, -0.05) is 30.3 Å². The number of nitrogens with zero attached hydrogens (tertiary/aromatic N) is 3. The lowest BCUT2D eigenvalue weighted by molar-refractivity contribution is -0.385. The molecule has 2 heterocycles. The summed E-state index contributed by atoms with van der Waals surface area (Å²) in [5, 5.41) is 18.7. The molecule has 0 saturated heterocycles. The van der Waals surface area contributed by atoms with E-state index >= 15 is 0 Å². The van der Waals surface area contributed by atoms with E-state index in [-0.39, 0.29) is 30.0 Å². The molecule has 0 atom stereocenters. The van der Waals surface area contributed by atoms with Crippen LogP contribution in [0.4, 0.5) is 10.8 Å². The molecular formula is C23H19N5O6S. The van der Waals surface area contributed by atoms with Gasteiger partial charge in [0.15, 0.2) is 5.13 Å². The number of carbonyl (C=O) groups excluding carboxylic acids is 4. The van der Waals surface area contributed by atoms with Crippen molar-refractivity contribution in [2.24, 2.45) is 0 Å². The van der Waals surface area contributed by atoms with Crippen molar-refractivity contribution in [2.45, 2.75) is 19.9 Å². The summed E-state index contributed by atoms with van der Waals surface area (Å²) >= 11 is 1.22. The van der Waals surface area contributed by atoms with Crippen LogP contribution >= 0.6 is 11.3 Å². The quantitative estimate of drug-likeness (QED) is 0.278. The second-order valence-electron chi connectivity index (χ2n) is 7.66. The third-order valence-corrected chi connectivity index (χ3v) is 6.04. The molecule has 4 rings (SSSR count). The zero-order valence-electron chi connectivity index (χ0n) is 18.4. The molecule has 2 aromatic carbocycles. The van der Waals surface area contributed by atoms with Gasteiger partial charge >= 0.3 is 0 Å². The summed E-state index contributed by atoms with van der Waals surface area (Å²) in [5.41, 5.74) is 1.69. The molecule has 12 heteroatoms. The number of carbonyl (C=O) groups is 4. The molecule has 0 radical (unpaired) electrons. The van der Waals surface area contributed by atoms with Crippen LogP contribution in [0.2, 0.25) is 0 Å². The van der Waals surface area contributed by atoms with Gasteiger partial charge in [0.25, 0.3) is 17.5 Å². The van der Waals surface area contributed by atoms with Crippen LogP contribution in [0.1, 0.15) is 39.6 Å². The molecule has 35 heavy (non-hydrogen) atoms. The van der Waals surface area contributed by atoms with Crippen molar-refractivity contribution in [2.75, 3.05) is 11.9 Å². The van der Waals surface area contributed by atoms with Gasteiger partial charge in [0.1, 0.15) is 5.56 Å². The Hall–Kier alpha value is -4.45. The van der Waals surface area contributed by atoms with Crippen molar-refractivity contribution >= 4 is 45.8 Å². The van der Waals surface area contributed by atoms with Crippen LogP contribution in [0.3, 0.4) is 0 Å². The van der Waals surface area contributed by atoms with E-state index in [1.54, 1.807) is 5.38 Å². The Morgan fingerprint density at radius 2 is 1.86 bits per heavy atom. The highest BCUT2D eigenvalue weighted by atomic mass is 32.1. The maximum Gasteiger partial charge on any atom is 0.282 e. The van der Waals surface area contributed by atoms with E-state index in [0.717, 1.165) is 22.1 Å². The standard InChI is InChI=1S/C23H19N5O6S/c1-13(29)24-11-14-5-7-15(8-6-14)17-12-35-23(25-17)26-19(30)9-10-27-21(31)16-3-2-4-18(28(33)34)20(16)22(27)32/h2-8,12H,9-11H2,1H3,(H,24,29)(H,25,26,30). The molecule has 3 aromatic rings. The van der Waals surface area contributed by atoms with Crippen molar-refractivity contribution in [3.05, 3.63) is 74.6 Å². The summed E-state index contributed by atoms with van der Waals surface area (Å²) in [6.07, 6.45) is -0.188. The number of anilines is 1. The number of nitro benzene ring substituents is 1. The van der Waals surface area contributed by atoms with Crippen LogP contribution in [0.5, 0.6) is 0 Å². The molecule has 0 unspecified atom stereocenters. The average molecular weight is 494 g/mol. The Balaban J connectivity index is 1.35. The fourth-order valence-corrected chi connectivity index (χ4v) is 4.29. The highest BCUT2D eigenvalue weighted by molar-refractivity contribution is 7.14. The fourth-order valence-electron chi connectivity index (χ4n) is 3.55. The number of imide groups is 1. The first-order valence-electron chi connectivity index (χ1n) is 10.5. The van der Waals surface area contributed by atoms with E-state index in [1.165, 1.54) is 30.4 Å². The summed E-state index contributed by atoms with van der Waals surface area (Å²) in [6.45, 7) is 1.66. The van der Waals surface area contributed by atoms with Crippen molar-refractivity contribution in [1.82, 2.24) is 15.2 Å². The van der Waals surface area contributed by atoms with Crippen LogP contribution in [0.15, 0.2) is 47.8 Å². The lowest BCUT2D eigenvalue weighted by Gasteiger charge is -2.12. The SMILES string of the molecule is CC(=O)NCc1ccc(-c2csc(NC(=O)CCN3C(=O)c4cccc([N+](=O)[O-])c4C3=O)n2)cc1. The predicted octanol–water partition coefficient (Wildman–Crippen LogP) is 2.98. The Morgan fingerprint density at radius 1 is 1.11 bits per heavy atom. The number of hydrogen-bond donors (Lipinski definition) is 2. The van der Waals surface area contributed by atoms with Gasteiger partial charge < -0.3 is 10.6 Å². The van der Waals surface area contributed by atoms with Crippen LogP contribution in [0.25, 0.3) is 11.3 Å². The molecule has 0 fully saturated rings. The number of hydrogen-bond acceptors (Lipinski definition) is 8. The Labute approximate surface area is 202 Å². The number of rotatable bonds is 8. The second-order valence-corrected chi connectivity index (χ2v) is 8.52. The number of thiazole rings is 1. The fraction of sp³-hybridized carbons (Fsp3) is 0.174. The van der Waals surface area contributed by atoms with Crippen LogP contribution in [-0.2, 0) is 16.1 Å². The van der Waals surface area contributed by atoms with E-state index in [1.807, 2.05) is 24.3 Å². The van der Waals surface area contributed by atoms with E-state index in [4.69, 9.17) is 0 Å². The number of amides is 4. The molecule has 178 valence electrons. The summed E-state index contributed by atoms with van der Waals surface area (Å²) in [6, 6.07) is 11.3. The molecule has 1 aromatic heterocycles. The van der Waals surface area contributed by atoms with Gasteiger partial charge in [-0.25, -0.2) is 4.98 Å². The van der Waals surface area contributed by atoms with Crippen molar-refractivity contribution < 1.29 is 24.1 Å². The summed E-state index contributed by atoms with van der Waals surface area (Å²) in [7, 11) is 0. The average Bonchev–Trinajstić information content (AvgIpc) is 3.39. The molecule has 0 aliphatic carbocycles. The van der Waals surface area contributed by atoms with Gasteiger partial charge in [-0.3, -0.25) is 34.2 Å². The molecule has 1 aliphatic rings. The highest BCUT2D eigenvalue weighted by Gasteiger charge is 2.40. The first-order valence-corrected chi connectivity index (χ1v) is 11.4. The molecule has 0 bridgehead atoms. The van der Waals surface area contributed by atoms with Gasteiger partial charge in [0.05, 0.1) is 16.2 Å². The number of fused-ring (bicyclic) bond motifs is 1. The Bertz CT molecular complexity index is 1350. The van der Waals surface area contributed by atoms with Crippen LogP contribution < -0.4 is 10.6 Å². The highest BCUT2D eigenvalue weighted by Crippen LogP contribution is 2.31. The van der Waals surface area contributed by atoms with Crippen LogP contribution in [0, 0.1) is 10.1 Å². The first-order chi connectivity index (χ1) is 16.7. The largest absolute Gasteiger partial charge is 0.352 e. The zero-order valence-corrected chi connectivity index (χ0v) is 19.3. The maximum absolute atomic E-state index is 12.6. The number of nitrogens with one attached hydrogen (secondary N) is 2. The van der Waals surface area contributed by atoms with E-state index < -0.39 is 28.3 Å². The summed E-state index contributed by atoms with van der Waals surface area (Å²) in [4.78, 5) is 64.3. The lowest BCUT2D eigenvalue weighted by atomic mass is 10.1. The van der Waals surface area contributed by atoms with Gasteiger partial charge in [-0.05, 0) is 11.6 Å². The minimum absolute atomic E-state index is 0.0442. The molecular weight excluding hydrogens is 474 g/mol. The van der Waals surface area contributed by atoms with Crippen LogP contribution in [-0.4, -0.2) is 45.0 Å². The van der Waals surface area contributed by atoms with Gasteiger partial charge in [0, 0.05) is 43.4 Å². The maximum atomic E-state index is 12.6. The normalized spacial score (nSPS) is 12.4. The number of benzene rings is 2.